The zero-order valence-electron chi connectivity index (χ0n) is 61.8. The molecule has 0 saturated carbocycles. The third kappa shape index (κ3) is 19.5. The third-order valence-electron chi connectivity index (χ3n) is 17.6. The van der Waals surface area contributed by atoms with Crippen LogP contribution in [0.3, 0.4) is 0 Å². The lowest BCUT2D eigenvalue weighted by Crippen LogP contribution is -2.33. The first-order valence-corrected chi connectivity index (χ1v) is 38.1. The molecule has 35 heteroatoms. The zero-order valence-corrected chi connectivity index (χ0v) is 69.4. The Bertz CT molecular complexity index is 5290. The van der Waals surface area contributed by atoms with Gasteiger partial charge in [-0.2, -0.15) is 0 Å². The SMILES string of the molecule is CC(C)n1c(CN(C)C)nc2c(O)c(Cl)cc(Cl)c2c1=O.CCN(C)Cc1nc2c(O)c(Cl)cc(Cl)c2c(=O)n1C.CCN(CC)Cc1nc2c(O)c(Cl)cc(Cl)c2c(=O)n1C(C)C.CCn1c(CN2CCCCC2)nc2c(O)c(Cl)cc(Cl)c2c1=O.CNCc1nc2c(O)c(Cl)cc(Cl)c2c(=O)n1C(C)C. The Morgan fingerprint density at radius 2 is 0.738 bits per heavy atom. The number of phenolic OH excluding ortho intramolecular Hbond substituents is 5. The van der Waals surface area contributed by atoms with Gasteiger partial charge in [-0.3, -0.25) is 61.5 Å². The van der Waals surface area contributed by atoms with Gasteiger partial charge in [-0.05, 0) is 153 Å². The van der Waals surface area contributed by atoms with Gasteiger partial charge in [0.1, 0.15) is 56.7 Å². The summed E-state index contributed by atoms with van der Waals surface area (Å²) in [6.45, 7) is 26.9. The molecule has 107 heavy (non-hydrogen) atoms. The Morgan fingerprint density at radius 3 is 1.07 bits per heavy atom. The Labute approximate surface area is 667 Å². The Balaban J connectivity index is 0.000000187. The van der Waals surface area contributed by atoms with Crippen molar-refractivity contribution in [2.45, 2.75) is 146 Å². The van der Waals surface area contributed by atoms with Gasteiger partial charge in [0.15, 0.2) is 28.7 Å². The second-order valence-electron chi connectivity index (χ2n) is 26.3. The van der Waals surface area contributed by atoms with Crippen LogP contribution in [-0.4, -0.2) is 154 Å². The smallest absolute Gasteiger partial charge is 0.263 e. The van der Waals surface area contributed by atoms with Crippen LogP contribution in [0.25, 0.3) is 54.5 Å². The number of halogens is 10. The number of piperidine rings is 1. The van der Waals surface area contributed by atoms with Crippen LogP contribution in [0.15, 0.2) is 54.3 Å². The molecule has 0 spiro atoms. The molecule has 0 bridgehead atoms. The van der Waals surface area contributed by atoms with E-state index in [-0.39, 0.29) is 179 Å². The van der Waals surface area contributed by atoms with Crippen LogP contribution in [0.2, 0.25) is 50.2 Å². The average Bonchev–Trinajstić information content (AvgIpc) is 0.791. The molecule has 11 rings (SSSR count). The molecular weight excluding hydrogens is 1590 g/mol. The summed E-state index contributed by atoms with van der Waals surface area (Å²) in [7, 11) is 9.07. The van der Waals surface area contributed by atoms with E-state index in [4.69, 9.17) is 116 Å². The minimum absolute atomic E-state index is 0.0705. The molecule has 1 aliphatic heterocycles. The maximum absolute atomic E-state index is 12.9. The minimum Gasteiger partial charge on any atom is -0.504 e. The first-order chi connectivity index (χ1) is 50.3. The molecule has 0 radical (unpaired) electrons. The largest absolute Gasteiger partial charge is 0.504 e. The highest BCUT2D eigenvalue weighted by Crippen LogP contribution is 2.40. The van der Waals surface area contributed by atoms with Crippen LogP contribution in [0.4, 0.5) is 0 Å². The molecule has 1 aliphatic rings. The Hall–Kier alpha value is -6.50. The summed E-state index contributed by atoms with van der Waals surface area (Å²) in [5.41, 5.74) is -0.588. The van der Waals surface area contributed by atoms with Crippen LogP contribution >= 0.6 is 116 Å². The number of nitrogens with one attached hydrogen (secondary N) is 1. The van der Waals surface area contributed by atoms with Gasteiger partial charge in [-0.15, -0.1) is 0 Å². The fraction of sp³-hybridized carbons (Fsp3) is 0.444. The molecule has 0 atom stereocenters. The number of aromatic nitrogens is 10. The first-order valence-electron chi connectivity index (χ1n) is 34.3. The van der Waals surface area contributed by atoms with E-state index in [0.29, 0.717) is 68.4 Å². The molecule has 10 aromatic rings. The van der Waals surface area contributed by atoms with E-state index in [9.17, 15) is 49.5 Å². The second-order valence-corrected chi connectivity index (χ2v) is 30.4. The molecule has 1 fully saturated rings. The molecule has 0 unspecified atom stereocenters. The highest BCUT2D eigenvalue weighted by Gasteiger charge is 2.26. The maximum Gasteiger partial charge on any atom is 0.263 e. The Kier molecular flexibility index (Phi) is 31.1. The van der Waals surface area contributed by atoms with Gasteiger partial charge in [0, 0.05) is 31.7 Å². The standard InChI is InChI=1S/C16H19Cl2N3O2.C16H21Cl2N3O2.C14H17Cl2N3O2.2C13H15Cl2N3O2/c1-2-21-12(9-20-6-4-3-5-7-20)19-14-13(16(21)23)10(17)8-11(18)15(14)22;1-5-20(6-2)8-12-19-14-13(16(23)21(12)9(3)4)10(17)7-11(18)15(14)22;1-7(2)19-10(6-18(3)4)17-12-11(14(19)21)8(15)5-9(16)13(12)20;1-6(2)18-9(5-16-3)17-11-10(13(18)20)7(14)4-8(15)12(11)19;1-4-17(2)6-9-16-11-10(13(20)18(9)3)7(14)5-8(15)12(11)19/h8,22H,2-7,9H2,1H3;7,9,22H,5-6,8H2,1-4H3;5,7,20H,6H2,1-4H3;4,6,16,19H,5H2,1-3H3;5,19H,4,6H2,1-3H3. The lowest BCUT2D eigenvalue weighted by Gasteiger charge is -2.27. The molecule has 6 heterocycles. The number of hydrogen-bond donors (Lipinski definition) is 6. The topological polar surface area (TPSA) is 301 Å². The zero-order chi connectivity index (χ0) is 79.8. The first kappa shape index (κ1) is 87.7. The van der Waals surface area contributed by atoms with E-state index in [1.807, 2.05) is 100 Å². The molecule has 25 nitrogen and oxygen atoms in total. The summed E-state index contributed by atoms with van der Waals surface area (Å²) in [6.07, 6.45) is 3.56. The summed E-state index contributed by atoms with van der Waals surface area (Å²) in [5.74, 6) is 1.79. The van der Waals surface area contributed by atoms with E-state index < -0.39 is 0 Å². The van der Waals surface area contributed by atoms with E-state index >= 15 is 0 Å². The molecule has 580 valence electrons. The van der Waals surface area contributed by atoms with Crippen molar-refractivity contribution < 1.29 is 25.5 Å². The molecule has 6 N–H and O–H groups in total. The van der Waals surface area contributed by atoms with Crippen molar-refractivity contribution >= 4 is 171 Å². The van der Waals surface area contributed by atoms with Crippen molar-refractivity contribution in [3.8, 4) is 28.7 Å². The maximum atomic E-state index is 12.9. The summed E-state index contributed by atoms with van der Waals surface area (Å²) in [5, 5.41) is 55.8. The van der Waals surface area contributed by atoms with Crippen molar-refractivity contribution in [2.24, 2.45) is 7.05 Å². The van der Waals surface area contributed by atoms with Crippen molar-refractivity contribution in [1.29, 1.82) is 0 Å². The van der Waals surface area contributed by atoms with Crippen molar-refractivity contribution in [3.05, 3.63) is 161 Å². The monoisotopic (exact) mass is 1670 g/mol. The van der Waals surface area contributed by atoms with E-state index in [2.05, 4.69) is 40.0 Å². The second kappa shape index (κ2) is 37.9. The number of aromatic hydroxyl groups is 5. The number of rotatable bonds is 17. The van der Waals surface area contributed by atoms with Crippen LogP contribution in [0.1, 0.15) is 136 Å². The third-order valence-corrected chi connectivity index (χ3v) is 20.5. The van der Waals surface area contributed by atoms with Crippen LogP contribution in [0, 0.1) is 0 Å². The minimum atomic E-state index is -0.300. The van der Waals surface area contributed by atoms with Crippen molar-refractivity contribution in [1.82, 2.24) is 72.7 Å². The van der Waals surface area contributed by atoms with Crippen LogP contribution in [0.5, 0.6) is 28.7 Å². The number of likely N-dealkylation sites (tertiary alicyclic amines) is 1. The molecule has 1 saturated heterocycles. The predicted octanol–water partition coefficient (Wildman–Crippen LogP) is 15.4. The number of phenols is 5. The van der Waals surface area contributed by atoms with Gasteiger partial charge in [0.05, 0.1) is 110 Å². The van der Waals surface area contributed by atoms with Crippen LogP contribution in [-0.2, 0) is 46.3 Å². The molecule has 0 amide bonds. The molecule has 0 aliphatic carbocycles. The highest BCUT2D eigenvalue weighted by atomic mass is 35.5. The van der Waals surface area contributed by atoms with Crippen molar-refractivity contribution in [2.75, 3.05) is 60.9 Å². The summed E-state index contributed by atoms with van der Waals surface area (Å²) >= 11 is 60.2. The normalized spacial score (nSPS) is 12.6. The molecule has 5 aromatic carbocycles. The van der Waals surface area contributed by atoms with Gasteiger partial charge in [-0.1, -0.05) is 143 Å². The summed E-state index contributed by atoms with van der Waals surface area (Å²) in [4.78, 5) is 93.9. The number of fused-ring (bicyclic) bond motifs is 5. The quantitative estimate of drug-likeness (QED) is 0.0493. The van der Waals surface area contributed by atoms with E-state index in [1.54, 1.807) is 32.4 Å². The number of hydrogen-bond acceptors (Lipinski definition) is 20. The summed E-state index contributed by atoms with van der Waals surface area (Å²) in [6, 6.07) is 6.61. The molecular formula is C72H87Cl10N15O10. The fourth-order valence-corrected chi connectivity index (χ4v) is 14.7. The average molecular weight is 1680 g/mol. The van der Waals surface area contributed by atoms with Crippen molar-refractivity contribution in [3.63, 3.8) is 0 Å². The van der Waals surface area contributed by atoms with Gasteiger partial charge in [0.2, 0.25) is 0 Å². The predicted molar refractivity (Wildman–Crippen MR) is 434 cm³/mol. The van der Waals surface area contributed by atoms with Gasteiger partial charge in [0.25, 0.3) is 27.8 Å². The number of benzene rings is 5. The molecule has 5 aromatic heterocycles. The lowest BCUT2D eigenvalue weighted by atomic mass is 10.1. The van der Waals surface area contributed by atoms with E-state index in [1.165, 1.54) is 41.3 Å². The van der Waals surface area contributed by atoms with Gasteiger partial charge >= 0.3 is 0 Å². The van der Waals surface area contributed by atoms with Crippen LogP contribution < -0.4 is 33.1 Å². The summed E-state index contributed by atoms with van der Waals surface area (Å²) < 4.78 is 7.82. The van der Waals surface area contributed by atoms with Gasteiger partial charge < -0.3 is 35.7 Å². The lowest BCUT2D eigenvalue weighted by molar-refractivity contribution is 0.212. The Morgan fingerprint density at radius 1 is 0.421 bits per heavy atom. The highest BCUT2D eigenvalue weighted by molar-refractivity contribution is 6.42. The van der Waals surface area contributed by atoms with Gasteiger partial charge in [-0.25, -0.2) is 24.9 Å². The number of nitrogens with zero attached hydrogens (tertiary/aromatic N) is 14. The fourth-order valence-electron chi connectivity index (χ4n) is 12.0. The van der Waals surface area contributed by atoms with E-state index in [0.717, 1.165) is 45.6 Å².